The lowest BCUT2D eigenvalue weighted by atomic mass is 10.1. The fourth-order valence-electron chi connectivity index (χ4n) is 1.62. The van der Waals surface area contributed by atoms with Gasteiger partial charge in [0.2, 0.25) is 5.75 Å². The van der Waals surface area contributed by atoms with Gasteiger partial charge < -0.3 is 19.3 Å². The van der Waals surface area contributed by atoms with Crippen molar-refractivity contribution in [2.24, 2.45) is 0 Å². The van der Waals surface area contributed by atoms with Gasteiger partial charge in [-0.15, -0.1) is 6.58 Å². The van der Waals surface area contributed by atoms with Crippen LogP contribution in [-0.4, -0.2) is 31.9 Å². The Morgan fingerprint density at radius 2 is 1.90 bits per heavy atom. The van der Waals surface area contributed by atoms with Crippen molar-refractivity contribution in [3.05, 3.63) is 36.4 Å². The molecule has 0 heterocycles. The molecule has 5 heteroatoms. The maximum Gasteiger partial charge on any atom is 0.330 e. The molecular formula is C16H20O5. The second-order valence-electron chi connectivity index (χ2n) is 4.21. The summed E-state index contributed by atoms with van der Waals surface area (Å²) < 4.78 is 15.1. The van der Waals surface area contributed by atoms with Gasteiger partial charge in [0.05, 0.1) is 20.8 Å². The Morgan fingerprint density at radius 1 is 1.29 bits per heavy atom. The number of carbonyl (C=O) groups is 1. The first-order valence-electron chi connectivity index (χ1n) is 6.53. The highest BCUT2D eigenvalue weighted by Crippen LogP contribution is 2.37. The van der Waals surface area contributed by atoms with E-state index in [-0.39, 0.29) is 17.2 Å². The molecule has 1 aromatic carbocycles. The van der Waals surface area contributed by atoms with Gasteiger partial charge in [-0.3, -0.25) is 0 Å². The Hall–Kier alpha value is -2.43. The molecule has 21 heavy (non-hydrogen) atoms. The predicted octanol–water partition coefficient (Wildman–Crippen LogP) is 2.93. The molecular weight excluding hydrogens is 272 g/mol. The highest BCUT2D eigenvalue weighted by Gasteiger charge is 2.10. The van der Waals surface area contributed by atoms with Crippen LogP contribution in [0.25, 0.3) is 6.08 Å². The monoisotopic (exact) mass is 292 g/mol. The largest absolute Gasteiger partial charge is 0.502 e. The molecule has 0 unspecified atom stereocenters. The summed E-state index contributed by atoms with van der Waals surface area (Å²) in [7, 11) is 2.88. The average Bonchev–Trinajstić information content (AvgIpc) is 2.50. The van der Waals surface area contributed by atoms with E-state index in [0.717, 1.165) is 12.8 Å². The Balaban J connectivity index is 2.71. The molecule has 0 aliphatic rings. The Morgan fingerprint density at radius 3 is 2.43 bits per heavy atom. The first-order chi connectivity index (χ1) is 10.1. The number of esters is 1. The maximum atomic E-state index is 11.5. The van der Waals surface area contributed by atoms with Gasteiger partial charge in [-0.1, -0.05) is 6.08 Å². The minimum Gasteiger partial charge on any atom is -0.502 e. The quantitative estimate of drug-likeness (QED) is 0.345. The van der Waals surface area contributed by atoms with Crippen molar-refractivity contribution in [1.29, 1.82) is 0 Å². The smallest absolute Gasteiger partial charge is 0.330 e. The summed E-state index contributed by atoms with van der Waals surface area (Å²) in [4.78, 5) is 11.5. The number of phenolic OH excluding ortho intramolecular Hbond substituents is 1. The minimum atomic E-state index is -0.426. The predicted molar refractivity (Wildman–Crippen MR) is 80.6 cm³/mol. The molecule has 0 amide bonds. The molecule has 1 N–H and O–H groups in total. The normalized spacial score (nSPS) is 10.4. The van der Waals surface area contributed by atoms with E-state index in [1.54, 1.807) is 24.3 Å². The Kier molecular flexibility index (Phi) is 6.87. The number of benzene rings is 1. The van der Waals surface area contributed by atoms with Crippen LogP contribution in [0.5, 0.6) is 17.2 Å². The van der Waals surface area contributed by atoms with Gasteiger partial charge in [0.1, 0.15) is 0 Å². The summed E-state index contributed by atoms with van der Waals surface area (Å²) in [5, 5.41) is 9.78. The summed E-state index contributed by atoms with van der Waals surface area (Å²) in [6, 6.07) is 3.19. The van der Waals surface area contributed by atoms with E-state index in [9.17, 15) is 9.90 Å². The van der Waals surface area contributed by atoms with Gasteiger partial charge in [-0.2, -0.15) is 0 Å². The second kappa shape index (κ2) is 8.68. The van der Waals surface area contributed by atoms with Crippen LogP contribution in [0.1, 0.15) is 18.4 Å². The number of ether oxygens (including phenoxy) is 3. The Bertz CT molecular complexity index is 494. The van der Waals surface area contributed by atoms with Gasteiger partial charge in [-0.25, -0.2) is 4.79 Å². The van der Waals surface area contributed by atoms with Crippen LogP contribution in [-0.2, 0) is 9.53 Å². The molecule has 0 saturated heterocycles. The standard InChI is InChI=1S/C16H20O5/c1-4-5-6-9-21-15(17)8-7-12-10-13(19-2)16(18)14(11-12)20-3/h4,7-8,10-11,18H,1,5-6,9H2,2-3H3/b8-7+. The molecule has 5 nitrogen and oxygen atoms in total. The van der Waals surface area contributed by atoms with Gasteiger partial charge in [0.15, 0.2) is 11.5 Å². The first-order valence-corrected chi connectivity index (χ1v) is 6.53. The maximum absolute atomic E-state index is 11.5. The average molecular weight is 292 g/mol. The topological polar surface area (TPSA) is 65.0 Å². The van der Waals surface area contributed by atoms with Crippen LogP contribution in [0, 0.1) is 0 Å². The number of allylic oxidation sites excluding steroid dienone is 1. The molecule has 0 aliphatic carbocycles. The van der Waals surface area contributed by atoms with Crippen molar-refractivity contribution in [1.82, 2.24) is 0 Å². The SMILES string of the molecule is C=CCCCOC(=O)/C=C/c1cc(OC)c(O)c(OC)c1. The zero-order chi connectivity index (χ0) is 15.7. The van der Waals surface area contributed by atoms with Crippen LogP contribution in [0.4, 0.5) is 0 Å². The van der Waals surface area contributed by atoms with E-state index in [0.29, 0.717) is 12.2 Å². The van der Waals surface area contributed by atoms with Crippen LogP contribution < -0.4 is 9.47 Å². The van der Waals surface area contributed by atoms with Crippen molar-refractivity contribution >= 4 is 12.0 Å². The molecule has 0 aliphatic heterocycles. The molecule has 1 rings (SSSR count). The van der Waals surface area contributed by atoms with Gasteiger partial charge in [-0.05, 0) is 36.6 Å². The van der Waals surface area contributed by atoms with E-state index in [1.165, 1.54) is 20.3 Å². The van der Waals surface area contributed by atoms with Crippen LogP contribution in [0.15, 0.2) is 30.9 Å². The lowest BCUT2D eigenvalue weighted by molar-refractivity contribution is -0.137. The summed E-state index contributed by atoms with van der Waals surface area (Å²) in [6.45, 7) is 3.95. The molecule has 0 bridgehead atoms. The highest BCUT2D eigenvalue weighted by molar-refractivity contribution is 5.87. The molecule has 0 aromatic heterocycles. The number of rotatable bonds is 8. The van der Waals surface area contributed by atoms with E-state index < -0.39 is 5.97 Å². The summed E-state index contributed by atoms with van der Waals surface area (Å²) >= 11 is 0. The van der Waals surface area contributed by atoms with Crippen molar-refractivity contribution in [2.45, 2.75) is 12.8 Å². The van der Waals surface area contributed by atoms with Crippen LogP contribution in [0.2, 0.25) is 0 Å². The third kappa shape index (κ3) is 5.22. The molecule has 0 atom stereocenters. The number of hydrogen-bond donors (Lipinski definition) is 1. The minimum absolute atomic E-state index is 0.0795. The second-order valence-corrected chi connectivity index (χ2v) is 4.21. The number of phenols is 1. The van der Waals surface area contributed by atoms with Crippen LogP contribution in [0.3, 0.4) is 0 Å². The molecule has 1 aromatic rings. The fraction of sp³-hybridized carbons (Fsp3) is 0.312. The molecule has 0 spiro atoms. The fourth-order valence-corrected chi connectivity index (χ4v) is 1.62. The molecule has 114 valence electrons. The lowest BCUT2D eigenvalue weighted by Gasteiger charge is -2.09. The summed E-state index contributed by atoms with van der Waals surface area (Å²) in [5.74, 6) is 0.0379. The van der Waals surface area contributed by atoms with Crippen LogP contribution >= 0.6 is 0 Å². The van der Waals surface area contributed by atoms with Gasteiger partial charge >= 0.3 is 5.97 Å². The van der Waals surface area contributed by atoms with E-state index in [2.05, 4.69) is 6.58 Å². The zero-order valence-electron chi connectivity index (χ0n) is 12.3. The van der Waals surface area contributed by atoms with E-state index in [1.807, 2.05) is 0 Å². The lowest BCUT2D eigenvalue weighted by Crippen LogP contribution is -2.01. The Labute approximate surface area is 124 Å². The van der Waals surface area contributed by atoms with Gasteiger partial charge in [0, 0.05) is 6.08 Å². The molecule has 0 saturated carbocycles. The number of methoxy groups -OCH3 is 2. The summed E-state index contributed by atoms with van der Waals surface area (Å²) in [6.07, 6.45) is 6.23. The van der Waals surface area contributed by atoms with Crippen molar-refractivity contribution in [3.8, 4) is 17.2 Å². The third-order valence-electron chi connectivity index (χ3n) is 2.71. The molecule has 0 fully saturated rings. The molecule has 0 radical (unpaired) electrons. The number of unbranched alkanes of at least 4 members (excludes halogenated alkanes) is 1. The van der Waals surface area contributed by atoms with Crippen molar-refractivity contribution in [3.63, 3.8) is 0 Å². The van der Waals surface area contributed by atoms with E-state index in [4.69, 9.17) is 14.2 Å². The zero-order valence-corrected chi connectivity index (χ0v) is 12.3. The van der Waals surface area contributed by atoms with Gasteiger partial charge in [0.25, 0.3) is 0 Å². The number of carbonyl (C=O) groups excluding carboxylic acids is 1. The van der Waals surface area contributed by atoms with E-state index >= 15 is 0 Å². The highest BCUT2D eigenvalue weighted by atomic mass is 16.5. The third-order valence-corrected chi connectivity index (χ3v) is 2.71. The number of hydrogen-bond acceptors (Lipinski definition) is 5. The van der Waals surface area contributed by atoms with Crippen molar-refractivity contribution in [2.75, 3.05) is 20.8 Å². The summed E-state index contributed by atoms with van der Waals surface area (Å²) in [5.41, 5.74) is 0.657. The van der Waals surface area contributed by atoms with Crippen molar-refractivity contribution < 1.29 is 24.1 Å². The number of aromatic hydroxyl groups is 1. The first kappa shape index (κ1) is 16.6.